The number of likely N-dealkylation sites (tertiary alicyclic amines) is 1. The maximum Gasteiger partial charge on any atom is 0.416 e. The summed E-state index contributed by atoms with van der Waals surface area (Å²) in [6, 6.07) is 6.87. The van der Waals surface area contributed by atoms with E-state index >= 15 is 0 Å². The van der Waals surface area contributed by atoms with Crippen molar-refractivity contribution in [3.63, 3.8) is 0 Å². The summed E-state index contributed by atoms with van der Waals surface area (Å²) < 4.78 is 39.7. The maximum atomic E-state index is 12.9. The first-order chi connectivity index (χ1) is 13.2. The number of halogens is 3. The van der Waals surface area contributed by atoms with Crippen molar-refractivity contribution in [1.82, 2.24) is 14.7 Å². The van der Waals surface area contributed by atoms with E-state index in [9.17, 15) is 27.6 Å². The Bertz CT molecular complexity index is 969. The van der Waals surface area contributed by atoms with Crippen LogP contribution in [0.3, 0.4) is 0 Å². The lowest BCUT2D eigenvalue weighted by Gasteiger charge is -2.32. The van der Waals surface area contributed by atoms with Crippen LogP contribution in [0.25, 0.3) is 0 Å². The van der Waals surface area contributed by atoms with E-state index < -0.39 is 29.3 Å². The Morgan fingerprint density at radius 2 is 1.93 bits per heavy atom. The molecule has 1 aliphatic rings. The van der Waals surface area contributed by atoms with Crippen LogP contribution >= 0.6 is 0 Å². The maximum absolute atomic E-state index is 12.9. The smallest absolute Gasteiger partial charge is 0.337 e. The van der Waals surface area contributed by atoms with Crippen LogP contribution in [0, 0.1) is 5.92 Å². The number of ketones is 1. The van der Waals surface area contributed by atoms with E-state index in [1.165, 1.54) is 36.2 Å². The molecular formula is C19H18F3N3O3. The third-order valence-corrected chi connectivity index (χ3v) is 4.73. The summed E-state index contributed by atoms with van der Waals surface area (Å²) in [6.45, 7) is 0.508. The number of hydrogen-bond acceptors (Lipinski definition) is 4. The van der Waals surface area contributed by atoms with Crippen LogP contribution in [0.4, 0.5) is 13.2 Å². The van der Waals surface area contributed by atoms with Gasteiger partial charge in [-0.25, -0.2) is 4.68 Å². The number of carbonyl (C=O) groups excluding carboxylic acids is 2. The van der Waals surface area contributed by atoms with E-state index in [1.807, 2.05) is 0 Å². The Hall–Kier alpha value is -2.97. The lowest BCUT2D eigenvalue weighted by atomic mass is 9.89. The Kier molecular flexibility index (Phi) is 5.35. The summed E-state index contributed by atoms with van der Waals surface area (Å²) in [5.74, 6) is -1.43. The number of amides is 1. The molecule has 0 spiro atoms. The van der Waals surface area contributed by atoms with Gasteiger partial charge in [-0.1, -0.05) is 12.1 Å². The molecule has 0 radical (unpaired) electrons. The second-order valence-corrected chi connectivity index (χ2v) is 6.71. The molecule has 148 valence electrons. The van der Waals surface area contributed by atoms with E-state index in [4.69, 9.17) is 0 Å². The van der Waals surface area contributed by atoms with E-state index in [1.54, 1.807) is 0 Å². The molecule has 3 rings (SSSR count). The minimum atomic E-state index is -4.53. The van der Waals surface area contributed by atoms with E-state index in [0.29, 0.717) is 19.4 Å². The second-order valence-electron chi connectivity index (χ2n) is 6.71. The molecule has 1 aromatic carbocycles. The van der Waals surface area contributed by atoms with Gasteiger partial charge in [0.05, 0.1) is 5.56 Å². The van der Waals surface area contributed by atoms with Crippen LogP contribution in [-0.2, 0) is 13.2 Å². The molecular weight excluding hydrogens is 375 g/mol. The summed E-state index contributed by atoms with van der Waals surface area (Å²) >= 11 is 0. The summed E-state index contributed by atoms with van der Waals surface area (Å²) in [6.07, 6.45) is -3.49. The van der Waals surface area contributed by atoms with Crippen molar-refractivity contribution in [3.05, 3.63) is 63.6 Å². The van der Waals surface area contributed by atoms with E-state index in [-0.39, 0.29) is 23.4 Å². The van der Waals surface area contributed by atoms with Crippen molar-refractivity contribution in [1.29, 1.82) is 0 Å². The number of aryl methyl sites for hydroxylation is 1. The summed E-state index contributed by atoms with van der Waals surface area (Å²) in [7, 11) is 1.43. The van der Waals surface area contributed by atoms with Gasteiger partial charge in [0.2, 0.25) is 0 Å². The highest BCUT2D eigenvalue weighted by Crippen LogP contribution is 2.30. The third-order valence-electron chi connectivity index (χ3n) is 4.73. The monoisotopic (exact) mass is 393 g/mol. The van der Waals surface area contributed by atoms with Gasteiger partial charge in [0, 0.05) is 37.7 Å². The number of piperidine rings is 1. The van der Waals surface area contributed by atoms with Crippen molar-refractivity contribution in [3.8, 4) is 0 Å². The SMILES string of the molecule is Cn1nc(C(=O)N2CCC[C@@H](C(=O)c3cccc(C(F)(F)F)c3)C2)ccc1=O. The van der Waals surface area contributed by atoms with Crippen molar-refractivity contribution in [2.45, 2.75) is 19.0 Å². The van der Waals surface area contributed by atoms with Gasteiger partial charge in [-0.15, -0.1) is 0 Å². The van der Waals surface area contributed by atoms with Crippen LogP contribution < -0.4 is 5.56 Å². The zero-order valence-electron chi connectivity index (χ0n) is 15.1. The number of nitrogens with zero attached hydrogens (tertiary/aromatic N) is 3. The first kappa shape index (κ1) is 19.8. The number of carbonyl (C=O) groups is 2. The lowest BCUT2D eigenvalue weighted by molar-refractivity contribution is -0.137. The highest BCUT2D eigenvalue weighted by atomic mass is 19.4. The number of benzene rings is 1. The quantitative estimate of drug-likeness (QED) is 0.752. The molecule has 2 aromatic rings. The molecule has 28 heavy (non-hydrogen) atoms. The lowest BCUT2D eigenvalue weighted by Crippen LogP contribution is -2.43. The molecule has 2 heterocycles. The van der Waals surface area contributed by atoms with E-state index in [2.05, 4.69) is 5.10 Å². The van der Waals surface area contributed by atoms with E-state index in [0.717, 1.165) is 16.8 Å². The Labute approximate surface area is 158 Å². The number of aromatic nitrogens is 2. The largest absolute Gasteiger partial charge is 0.416 e. The van der Waals surface area contributed by atoms with Crippen LogP contribution in [0.5, 0.6) is 0 Å². The van der Waals surface area contributed by atoms with Gasteiger partial charge >= 0.3 is 6.18 Å². The molecule has 0 saturated carbocycles. The summed E-state index contributed by atoms with van der Waals surface area (Å²) in [5.41, 5.74) is -1.17. The normalized spacial score (nSPS) is 17.4. The van der Waals surface area contributed by atoms with Crippen LogP contribution in [0.2, 0.25) is 0 Å². The first-order valence-electron chi connectivity index (χ1n) is 8.72. The molecule has 0 bridgehead atoms. The molecule has 1 aromatic heterocycles. The number of alkyl halides is 3. The first-order valence-corrected chi connectivity index (χ1v) is 8.72. The van der Waals surface area contributed by atoms with Gasteiger partial charge in [-0.05, 0) is 31.0 Å². The molecule has 1 saturated heterocycles. The molecule has 6 nitrogen and oxygen atoms in total. The fourth-order valence-electron chi connectivity index (χ4n) is 3.24. The zero-order valence-corrected chi connectivity index (χ0v) is 15.1. The number of Topliss-reactive ketones (excluding diaryl/α,β-unsaturated/α-hetero) is 1. The van der Waals surface area contributed by atoms with Crippen LogP contribution in [0.15, 0.2) is 41.2 Å². The highest BCUT2D eigenvalue weighted by molar-refractivity contribution is 5.99. The summed E-state index contributed by atoms with van der Waals surface area (Å²) in [4.78, 5) is 38.2. The Balaban J connectivity index is 1.77. The number of rotatable bonds is 3. The van der Waals surface area contributed by atoms with Crippen LogP contribution in [0.1, 0.15) is 39.3 Å². The molecule has 1 atom stereocenters. The fourth-order valence-corrected chi connectivity index (χ4v) is 3.24. The molecule has 1 amide bonds. The molecule has 0 unspecified atom stereocenters. The van der Waals surface area contributed by atoms with Gasteiger partial charge in [0.1, 0.15) is 5.69 Å². The van der Waals surface area contributed by atoms with Crippen molar-refractivity contribution in [2.24, 2.45) is 13.0 Å². The zero-order chi connectivity index (χ0) is 20.5. The van der Waals surface area contributed by atoms with Gasteiger partial charge < -0.3 is 4.90 Å². The third kappa shape index (κ3) is 4.13. The standard InChI is InChI=1S/C19H18F3N3O3/c1-24-16(26)8-7-15(23-24)18(28)25-9-3-5-13(11-25)17(27)12-4-2-6-14(10-12)19(20,21)22/h2,4,6-8,10,13H,3,5,9,11H2,1H3/t13-/m1/s1. The number of hydrogen-bond donors (Lipinski definition) is 0. The van der Waals surface area contributed by atoms with Gasteiger partial charge in [0.25, 0.3) is 11.5 Å². The second kappa shape index (κ2) is 7.57. The molecule has 1 fully saturated rings. The predicted octanol–water partition coefficient (Wildman–Crippen LogP) is 2.53. The van der Waals surface area contributed by atoms with Crippen molar-refractivity contribution >= 4 is 11.7 Å². The van der Waals surface area contributed by atoms with Gasteiger partial charge in [-0.2, -0.15) is 18.3 Å². The van der Waals surface area contributed by atoms with Crippen molar-refractivity contribution < 1.29 is 22.8 Å². The minimum Gasteiger partial charge on any atom is -0.337 e. The molecule has 1 aliphatic heterocycles. The molecule has 9 heteroatoms. The Morgan fingerprint density at radius 3 is 2.61 bits per heavy atom. The highest BCUT2D eigenvalue weighted by Gasteiger charge is 2.33. The minimum absolute atomic E-state index is 0.0191. The van der Waals surface area contributed by atoms with Gasteiger partial charge in [0.15, 0.2) is 5.78 Å². The molecule has 0 N–H and O–H groups in total. The average molecular weight is 393 g/mol. The fraction of sp³-hybridized carbons (Fsp3) is 0.368. The van der Waals surface area contributed by atoms with Crippen molar-refractivity contribution in [2.75, 3.05) is 13.1 Å². The van der Waals surface area contributed by atoms with Crippen LogP contribution in [-0.4, -0.2) is 39.5 Å². The molecule has 0 aliphatic carbocycles. The van der Waals surface area contributed by atoms with Gasteiger partial charge in [-0.3, -0.25) is 14.4 Å². The predicted molar refractivity (Wildman–Crippen MR) is 93.9 cm³/mol. The summed E-state index contributed by atoms with van der Waals surface area (Å²) in [5, 5.41) is 3.92. The average Bonchev–Trinajstić information content (AvgIpc) is 2.68. The topological polar surface area (TPSA) is 72.3 Å². The Morgan fingerprint density at radius 1 is 1.18 bits per heavy atom.